The summed E-state index contributed by atoms with van der Waals surface area (Å²) in [6.07, 6.45) is 1.32. The van der Waals surface area contributed by atoms with Crippen molar-refractivity contribution in [2.45, 2.75) is 13.3 Å². The number of hydrogen-bond acceptors (Lipinski definition) is 3. The van der Waals surface area contributed by atoms with Gasteiger partial charge in [-0.2, -0.15) is 0 Å². The van der Waals surface area contributed by atoms with Crippen molar-refractivity contribution < 1.29 is 4.74 Å². The van der Waals surface area contributed by atoms with Crippen LogP contribution in [0.1, 0.15) is 13.3 Å². The molecule has 0 bridgehead atoms. The van der Waals surface area contributed by atoms with Gasteiger partial charge in [0, 0.05) is 13.1 Å². The third-order valence-corrected chi connectivity index (χ3v) is 3.47. The summed E-state index contributed by atoms with van der Waals surface area (Å²) in [6.45, 7) is 8.66. The molecule has 1 aromatic carbocycles. The quantitative estimate of drug-likeness (QED) is 0.799. The Hall–Kier alpha value is -1.06. The lowest BCUT2D eigenvalue weighted by atomic mass is 10.1. The van der Waals surface area contributed by atoms with E-state index in [-0.39, 0.29) is 0 Å². The summed E-state index contributed by atoms with van der Waals surface area (Å²) in [5.74, 6) is 1.79. The second kappa shape index (κ2) is 7.39. The number of benzene rings is 1. The van der Waals surface area contributed by atoms with Crippen molar-refractivity contribution in [2.75, 3.05) is 39.3 Å². The van der Waals surface area contributed by atoms with Crippen molar-refractivity contribution in [3.05, 3.63) is 30.3 Å². The standard InChI is InChI=1S/C15H24N2O/c1-2-16-12-14-8-9-17(13-14)10-11-18-15-6-4-3-5-7-15/h3-7,14,16H,2,8-13H2,1H3. The summed E-state index contributed by atoms with van der Waals surface area (Å²) in [5, 5.41) is 3.43. The highest BCUT2D eigenvalue weighted by Crippen LogP contribution is 2.15. The van der Waals surface area contributed by atoms with Crippen LogP contribution in [0.15, 0.2) is 30.3 Å². The van der Waals surface area contributed by atoms with E-state index in [4.69, 9.17) is 4.74 Å². The van der Waals surface area contributed by atoms with Crippen LogP contribution in [0.3, 0.4) is 0 Å². The Morgan fingerprint density at radius 1 is 1.33 bits per heavy atom. The van der Waals surface area contributed by atoms with E-state index in [9.17, 15) is 0 Å². The van der Waals surface area contributed by atoms with E-state index >= 15 is 0 Å². The van der Waals surface area contributed by atoms with Gasteiger partial charge in [-0.1, -0.05) is 25.1 Å². The van der Waals surface area contributed by atoms with Gasteiger partial charge in [0.2, 0.25) is 0 Å². The van der Waals surface area contributed by atoms with Gasteiger partial charge in [0.15, 0.2) is 0 Å². The van der Waals surface area contributed by atoms with Gasteiger partial charge in [-0.3, -0.25) is 4.90 Å². The molecular formula is C15H24N2O. The van der Waals surface area contributed by atoms with Crippen LogP contribution >= 0.6 is 0 Å². The minimum Gasteiger partial charge on any atom is -0.492 e. The van der Waals surface area contributed by atoms with E-state index in [0.29, 0.717) is 0 Å². The average molecular weight is 248 g/mol. The Kier molecular flexibility index (Phi) is 5.49. The van der Waals surface area contributed by atoms with Gasteiger partial charge >= 0.3 is 0 Å². The zero-order chi connectivity index (χ0) is 12.6. The van der Waals surface area contributed by atoms with Gasteiger partial charge in [-0.25, -0.2) is 0 Å². The lowest BCUT2D eigenvalue weighted by molar-refractivity contribution is 0.232. The Bertz CT molecular complexity index is 329. The highest BCUT2D eigenvalue weighted by molar-refractivity contribution is 5.20. The number of hydrogen-bond donors (Lipinski definition) is 1. The second-order valence-electron chi connectivity index (χ2n) is 4.92. The van der Waals surface area contributed by atoms with Crippen LogP contribution in [0.5, 0.6) is 5.75 Å². The van der Waals surface area contributed by atoms with E-state index in [0.717, 1.165) is 37.9 Å². The second-order valence-corrected chi connectivity index (χ2v) is 4.92. The van der Waals surface area contributed by atoms with Crippen molar-refractivity contribution in [3.8, 4) is 5.75 Å². The molecule has 1 aliphatic heterocycles. The Labute approximate surface area is 110 Å². The Morgan fingerprint density at radius 2 is 2.17 bits per heavy atom. The molecule has 0 saturated carbocycles. The molecule has 100 valence electrons. The van der Waals surface area contributed by atoms with Gasteiger partial charge in [-0.05, 0) is 44.1 Å². The molecule has 0 aliphatic carbocycles. The van der Waals surface area contributed by atoms with Crippen LogP contribution in [0.2, 0.25) is 0 Å². The topological polar surface area (TPSA) is 24.5 Å². The van der Waals surface area contributed by atoms with Gasteiger partial charge in [0.25, 0.3) is 0 Å². The lowest BCUT2D eigenvalue weighted by Crippen LogP contribution is -2.29. The molecular weight excluding hydrogens is 224 g/mol. The maximum atomic E-state index is 5.73. The molecule has 1 heterocycles. The van der Waals surface area contributed by atoms with Crippen LogP contribution in [0, 0.1) is 5.92 Å². The zero-order valence-electron chi connectivity index (χ0n) is 11.3. The van der Waals surface area contributed by atoms with E-state index in [1.807, 2.05) is 30.3 Å². The zero-order valence-corrected chi connectivity index (χ0v) is 11.3. The molecule has 2 rings (SSSR count). The van der Waals surface area contributed by atoms with E-state index in [1.165, 1.54) is 19.5 Å². The minimum atomic E-state index is 0.790. The Morgan fingerprint density at radius 3 is 2.94 bits per heavy atom. The maximum absolute atomic E-state index is 5.73. The number of nitrogens with one attached hydrogen (secondary N) is 1. The van der Waals surface area contributed by atoms with Gasteiger partial charge in [0.05, 0.1) is 0 Å². The normalized spacial score (nSPS) is 20.2. The summed E-state index contributed by atoms with van der Waals surface area (Å²) in [4.78, 5) is 2.50. The smallest absolute Gasteiger partial charge is 0.119 e. The van der Waals surface area contributed by atoms with E-state index in [1.54, 1.807) is 0 Å². The number of para-hydroxylation sites is 1. The van der Waals surface area contributed by atoms with Gasteiger partial charge < -0.3 is 10.1 Å². The van der Waals surface area contributed by atoms with Crippen molar-refractivity contribution >= 4 is 0 Å². The highest BCUT2D eigenvalue weighted by atomic mass is 16.5. The van der Waals surface area contributed by atoms with E-state index in [2.05, 4.69) is 17.1 Å². The minimum absolute atomic E-state index is 0.790. The van der Waals surface area contributed by atoms with Gasteiger partial charge in [-0.15, -0.1) is 0 Å². The molecule has 1 saturated heterocycles. The predicted octanol–water partition coefficient (Wildman–Crippen LogP) is 2.00. The summed E-state index contributed by atoms with van der Waals surface area (Å²) in [7, 11) is 0. The molecule has 3 heteroatoms. The first-order valence-electron chi connectivity index (χ1n) is 6.99. The van der Waals surface area contributed by atoms with Gasteiger partial charge in [0.1, 0.15) is 12.4 Å². The molecule has 3 nitrogen and oxygen atoms in total. The third kappa shape index (κ3) is 4.31. The molecule has 1 fully saturated rings. The average Bonchev–Trinajstić information content (AvgIpc) is 2.85. The molecule has 0 amide bonds. The van der Waals surface area contributed by atoms with Crippen molar-refractivity contribution in [1.29, 1.82) is 0 Å². The third-order valence-electron chi connectivity index (χ3n) is 3.47. The fourth-order valence-corrected chi connectivity index (χ4v) is 2.44. The molecule has 1 aliphatic rings. The number of nitrogens with zero attached hydrogens (tertiary/aromatic N) is 1. The molecule has 18 heavy (non-hydrogen) atoms. The molecule has 1 aromatic rings. The van der Waals surface area contributed by atoms with Crippen LogP contribution in [0.25, 0.3) is 0 Å². The molecule has 0 aromatic heterocycles. The molecule has 1 unspecified atom stereocenters. The number of rotatable bonds is 7. The lowest BCUT2D eigenvalue weighted by Gasteiger charge is -2.16. The van der Waals surface area contributed by atoms with Crippen LogP contribution in [-0.2, 0) is 0 Å². The largest absolute Gasteiger partial charge is 0.492 e. The van der Waals surface area contributed by atoms with Crippen LogP contribution in [-0.4, -0.2) is 44.2 Å². The molecule has 0 radical (unpaired) electrons. The molecule has 0 spiro atoms. The van der Waals surface area contributed by atoms with E-state index < -0.39 is 0 Å². The van der Waals surface area contributed by atoms with Crippen LogP contribution in [0.4, 0.5) is 0 Å². The summed E-state index contributed by atoms with van der Waals surface area (Å²) in [5.41, 5.74) is 0. The fourth-order valence-electron chi connectivity index (χ4n) is 2.44. The summed E-state index contributed by atoms with van der Waals surface area (Å²) in [6, 6.07) is 10.1. The summed E-state index contributed by atoms with van der Waals surface area (Å²) < 4.78 is 5.73. The first-order valence-corrected chi connectivity index (χ1v) is 6.99. The first-order chi connectivity index (χ1) is 8.88. The monoisotopic (exact) mass is 248 g/mol. The van der Waals surface area contributed by atoms with Crippen LogP contribution < -0.4 is 10.1 Å². The van der Waals surface area contributed by atoms with Crippen molar-refractivity contribution in [3.63, 3.8) is 0 Å². The highest BCUT2D eigenvalue weighted by Gasteiger charge is 2.21. The SMILES string of the molecule is CCNCC1CCN(CCOc2ccccc2)C1. The van der Waals surface area contributed by atoms with Crippen molar-refractivity contribution in [1.82, 2.24) is 10.2 Å². The number of likely N-dealkylation sites (tertiary alicyclic amines) is 1. The molecule has 1 atom stereocenters. The van der Waals surface area contributed by atoms with Crippen molar-refractivity contribution in [2.24, 2.45) is 5.92 Å². The summed E-state index contributed by atoms with van der Waals surface area (Å²) >= 11 is 0. The first kappa shape index (κ1) is 13.4. The Balaban J connectivity index is 1.60. The maximum Gasteiger partial charge on any atom is 0.119 e. The molecule has 1 N–H and O–H groups in total. The fraction of sp³-hybridized carbons (Fsp3) is 0.600. The predicted molar refractivity (Wildman–Crippen MR) is 75.0 cm³/mol. The number of ether oxygens (including phenoxy) is 1.